The molecule has 0 bridgehead atoms. The minimum atomic E-state index is -0.264. The SMILES string of the molecule is Cc1cc(C)cc(C(=O)Cc2ccc(F)cc2C)c1. The lowest BCUT2D eigenvalue weighted by Gasteiger charge is -2.07. The summed E-state index contributed by atoms with van der Waals surface area (Å²) in [6, 6.07) is 10.4. The van der Waals surface area contributed by atoms with Crippen LogP contribution in [0.4, 0.5) is 4.39 Å². The van der Waals surface area contributed by atoms with Crippen molar-refractivity contribution in [1.29, 1.82) is 0 Å². The second-order valence-corrected chi connectivity index (χ2v) is 5.05. The number of carbonyl (C=O) groups excluding carboxylic acids is 1. The van der Waals surface area contributed by atoms with Crippen LogP contribution in [-0.2, 0) is 6.42 Å². The zero-order valence-corrected chi connectivity index (χ0v) is 11.5. The third kappa shape index (κ3) is 3.28. The molecule has 0 aromatic heterocycles. The summed E-state index contributed by atoms with van der Waals surface area (Å²) in [7, 11) is 0. The summed E-state index contributed by atoms with van der Waals surface area (Å²) in [5, 5.41) is 0. The van der Waals surface area contributed by atoms with Gasteiger partial charge in [0.25, 0.3) is 0 Å². The van der Waals surface area contributed by atoms with Crippen molar-refractivity contribution >= 4 is 5.78 Å². The fourth-order valence-electron chi connectivity index (χ4n) is 2.27. The van der Waals surface area contributed by atoms with Crippen LogP contribution in [0.1, 0.15) is 32.6 Å². The van der Waals surface area contributed by atoms with Crippen LogP contribution in [0.3, 0.4) is 0 Å². The Kier molecular flexibility index (Phi) is 3.79. The predicted molar refractivity (Wildman–Crippen MR) is 75.1 cm³/mol. The van der Waals surface area contributed by atoms with E-state index >= 15 is 0 Å². The molecule has 1 nitrogen and oxygen atoms in total. The van der Waals surface area contributed by atoms with Crippen LogP contribution in [0, 0.1) is 26.6 Å². The topological polar surface area (TPSA) is 17.1 Å². The Morgan fingerprint density at radius 1 is 1.00 bits per heavy atom. The molecule has 0 aliphatic heterocycles. The summed E-state index contributed by atoms with van der Waals surface area (Å²) >= 11 is 0. The van der Waals surface area contributed by atoms with Crippen LogP contribution in [0.25, 0.3) is 0 Å². The number of benzene rings is 2. The molecule has 0 saturated heterocycles. The van der Waals surface area contributed by atoms with Gasteiger partial charge in [0.2, 0.25) is 0 Å². The Morgan fingerprint density at radius 2 is 1.63 bits per heavy atom. The number of hydrogen-bond acceptors (Lipinski definition) is 1. The van der Waals surface area contributed by atoms with Gasteiger partial charge in [0.15, 0.2) is 5.78 Å². The van der Waals surface area contributed by atoms with Gasteiger partial charge >= 0.3 is 0 Å². The molecular formula is C17H17FO. The quantitative estimate of drug-likeness (QED) is 0.753. The van der Waals surface area contributed by atoms with Gasteiger partial charge in [-0.1, -0.05) is 23.3 Å². The highest BCUT2D eigenvalue weighted by molar-refractivity contribution is 5.98. The number of aryl methyl sites for hydroxylation is 3. The van der Waals surface area contributed by atoms with Crippen molar-refractivity contribution < 1.29 is 9.18 Å². The Hall–Kier alpha value is -1.96. The third-order valence-corrected chi connectivity index (χ3v) is 3.20. The first kappa shape index (κ1) is 13.5. The van der Waals surface area contributed by atoms with E-state index in [1.807, 2.05) is 39.0 Å². The molecule has 0 fully saturated rings. The maximum absolute atomic E-state index is 13.0. The molecule has 0 N–H and O–H groups in total. The molecule has 0 saturated carbocycles. The lowest BCUT2D eigenvalue weighted by molar-refractivity contribution is 0.0992. The minimum absolute atomic E-state index is 0.0708. The van der Waals surface area contributed by atoms with E-state index in [0.29, 0.717) is 6.42 Å². The molecule has 0 spiro atoms. The Labute approximate surface area is 113 Å². The highest BCUT2D eigenvalue weighted by atomic mass is 19.1. The molecule has 0 amide bonds. The number of Topliss-reactive ketones (excluding diaryl/α,β-unsaturated/α-hetero) is 1. The molecule has 2 aromatic carbocycles. The summed E-state index contributed by atoms with van der Waals surface area (Å²) in [6.07, 6.45) is 0.314. The molecular weight excluding hydrogens is 239 g/mol. The maximum atomic E-state index is 13.0. The summed E-state index contributed by atoms with van der Waals surface area (Å²) in [5.74, 6) is -0.193. The molecule has 2 rings (SSSR count). The summed E-state index contributed by atoms with van der Waals surface area (Å²) in [5.41, 5.74) is 4.59. The minimum Gasteiger partial charge on any atom is -0.294 e. The van der Waals surface area contributed by atoms with Crippen molar-refractivity contribution in [3.05, 3.63) is 70.0 Å². The molecule has 0 heterocycles. The van der Waals surface area contributed by atoms with Crippen LogP contribution >= 0.6 is 0 Å². The van der Waals surface area contributed by atoms with E-state index in [1.165, 1.54) is 12.1 Å². The van der Waals surface area contributed by atoms with Crippen molar-refractivity contribution in [2.75, 3.05) is 0 Å². The van der Waals surface area contributed by atoms with Gasteiger partial charge in [-0.3, -0.25) is 4.79 Å². The molecule has 98 valence electrons. The summed E-state index contributed by atoms with van der Waals surface area (Å²) in [6.45, 7) is 5.78. The Balaban J connectivity index is 2.25. The zero-order valence-electron chi connectivity index (χ0n) is 11.5. The molecule has 2 heteroatoms. The van der Waals surface area contributed by atoms with Gasteiger partial charge in [0.05, 0.1) is 0 Å². The average molecular weight is 256 g/mol. The van der Waals surface area contributed by atoms with Gasteiger partial charge in [0, 0.05) is 12.0 Å². The summed E-state index contributed by atoms with van der Waals surface area (Å²) in [4.78, 5) is 12.3. The average Bonchev–Trinajstić information content (AvgIpc) is 2.31. The van der Waals surface area contributed by atoms with Crippen LogP contribution in [0.2, 0.25) is 0 Å². The highest BCUT2D eigenvalue weighted by Gasteiger charge is 2.10. The van der Waals surface area contributed by atoms with E-state index in [-0.39, 0.29) is 11.6 Å². The molecule has 0 atom stereocenters. The van der Waals surface area contributed by atoms with E-state index < -0.39 is 0 Å². The van der Waals surface area contributed by atoms with Crippen molar-refractivity contribution in [1.82, 2.24) is 0 Å². The van der Waals surface area contributed by atoms with Crippen molar-refractivity contribution in [2.45, 2.75) is 27.2 Å². The molecule has 0 aliphatic carbocycles. The standard InChI is InChI=1S/C17H17FO/c1-11-6-12(2)8-15(7-11)17(19)10-14-4-5-16(18)9-13(14)3/h4-9H,10H2,1-3H3. The molecule has 0 radical (unpaired) electrons. The van der Waals surface area contributed by atoms with Crippen molar-refractivity contribution in [3.8, 4) is 0 Å². The predicted octanol–water partition coefficient (Wildman–Crippen LogP) is 4.18. The molecule has 2 aromatic rings. The third-order valence-electron chi connectivity index (χ3n) is 3.20. The van der Waals surface area contributed by atoms with Crippen LogP contribution in [-0.4, -0.2) is 5.78 Å². The number of carbonyl (C=O) groups is 1. The van der Waals surface area contributed by atoms with E-state index in [4.69, 9.17) is 0 Å². The van der Waals surface area contributed by atoms with Gasteiger partial charge in [-0.2, -0.15) is 0 Å². The fraction of sp³-hybridized carbons (Fsp3) is 0.235. The summed E-state index contributed by atoms with van der Waals surface area (Å²) < 4.78 is 13.0. The number of ketones is 1. The van der Waals surface area contributed by atoms with Gasteiger partial charge in [0.1, 0.15) is 5.82 Å². The first-order chi connectivity index (χ1) is 8.95. The largest absolute Gasteiger partial charge is 0.294 e. The highest BCUT2D eigenvalue weighted by Crippen LogP contribution is 2.15. The first-order valence-corrected chi connectivity index (χ1v) is 6.32. The number of halogens is 1. The van der Waals surface area contributed by atoms with Crippen LogP contribution in [0.5, 0.6) is 0 Å². The van der Waals surface area contributed by atoms with Gasteiger partial charge in [-0.25, -0.2) is 4.39 Å². The van der Waals surface area contributed by atoms with E-state index in [1.54, 1.807) is 6.07 Å². The Bertz CT molecular complexity index is 609. The van der Waals surface area contributed by atoms with E-state index in [2.05, 4.69) is 0 Å². The number of rotatable bonds is 3. The van der Waals surface area contributed by atoms with E-state index in [0.717, 1.165) is 27.8 Å². The smallest absolute Gasteiger partial charge is 0.167 e. The van der Waals surface area contributed by atoms with Crippen LogP contribution in [0.15, 0.2) is 36.4 Å². The van der Waals surface area contributed by atoms with Crippen molar-refractivity contribution in [3.63, 3.8) is 0 Å². The van der Waals surface area contributed by atoms with Gasteiger partial charge < -0.3 is 0 Å². The van der Waals surface area contributed by atoms with Gasteiger partial charge in [-0.15, -0.1) is 0 Å². The second kappa shape index (κ2) is 5.35. The normalized spacial score (nSPS) is 10.5. The molecule has 0 aliphatic rings. The second-order valence-electron chi connectivity index (χ2n) is 5.05. The molecule has 0 unspecified atom stereocenters. The zero-order chi connectivity index (χ0) is 14.0. The Morgan fingerprint density at radius 3 is 2.21 bits per heavy atom. The van der Waals surface area contributed by atoms with Gasteiger partial charge in [-0.05, 0) is 56.2 Å². The lowest BCUT2D eigenvalue weighted by Crippen LogP contribution is -2.06. The van der Waals surface area contributed by atoms with E-state index in [9.17, 15) is 9.18 Å². The number of hydrogen-bond donors (Lipinski definition) is 0. The molecule has 19 heavy (non-hydrogen) atoms. The fourth-order valence-corrected chi connectivity index (χ4v) is 2.27. The monoisotopic (exact) mass is 256 g/mol. The van der Waals surface area contributed by atoms with Crippen LogP contribution < -0.4 is 0 Å². The first-order valence-electron chi connectivity index (χ1n) is 6.32. The lowest BCUT2D eigenvalue weighted by atomic mass is 9.97. The maximum Gasteiger partial charge on any atom is 0.167 e. The van der Waals surface area contributed by atoms with Crippen molar-refractivity contribution in [2.24, 2.45) is 0 Å².